The largest absolute Gasteiger partial charge is 0.405 e. The van der Waals surface area contributed by atoms with Crippen LogP contribution in [0.2, 0.25) is 0 Å². The summed E-state index contributed by atoms with van der Waals surface area (Å²) in [7, 11) is 0. The fourth-order valence-electron chi connectivity index (χ4n) is 3.83. The Labute approximate surface area is 171 Å². The van der Waals surface area contributed by atoms with Crippen molar-refractivity contribution in [2.75, 3.05) is 18.4 Å². The maximum atomic E-state index is 13.4. The molecule has 0 aromatic carbocycles. The van der Waals surface area contributed by atoms with Gasteiger partial charge in [-0.1, -0.05) is 0 Å². The van der Waals surface area contributed by atoms with E-state index in [1.807, 2.05) is 12.1 Å². The van der Waals surface area contributed by atoms with Gasteiger partial charge in [-0.3, -0.25) is 4.90 Å². The van der Waals surface area contributed by atoms with Crippen LogP contribution in [-0.2, 0) is 0 Å². The molecule has 0 spiro atoms. The maximum Gasteiger partial charge on any atom is 0.405 e. The Bertz CT molecular complexity index is 1060. The molecule has 0 aliphatic carbocycles. The fourth-order valence-corrected chi connectivity index (χ4v) is 3.83. The average molecular weight is 415 g/mol. The quantitative estimate of drug-likeness (QED) is 0.659. The standard InChI is InChI=1S/C20H20F3N7/c21-20(22,23)17(5-7-24)30-10-2-3-13(12-30)28-18-14(4-1-8-25-18)16-11-27-19-15(29-16)6-9-26-19/h1,4,6,8-9,11,13,17H,2-3,5,10,12H2,(H,25,28)(H,26,27). The number of alkyl halides is 3. The average Bonchev–Trinajstić information content (AvgIpc) is 3.19. The summed E-state index contributed by atoms with van der Waals surface area (Å²) in [6.45, 7) is 0.499. The number of H-pyrrole nitrogens is 1. The highest BCUT2D eigenvalue weighted by molar-refractivity contribution is 5.78. The number of aromatic nitrogens is 4. The van der Waals surface area contributed by atoms with Crippen LogP contribution in [0, 0.1) is 11.3 Å². The second-order valence-electron chi connectivity index (χ2n) is 7.26. The second-order valence-corrected chi connectivity index (χ2v) is 7.26. The zero-order valence-electron chi connectivity index (χ0n) is 16.0. The number of nitriles is 1. The first kappa shape index (κ1) is 20.1. The van der Waals surface area contributed by atoms with Crippen LogP contribution in [-0.4, -0.2) is 56.2 Å². The van der Waals surface area contributed by atoms with Gasteiger partial charge in [0, 0.05) is 30.5 Å². The van der Waals surface area contributed by atoms with Crippen LogP contribution in [0.25, 0.3) is 22.4 Å². The second kappa shape index (κ2) is 8.28. The Morgan fingerprint density at radius 3 is 3.00 bits per heavy atom. The van der Waals surface area contributed by atoms with Crippen LogP contribution in [0.4, 0.5) is 19.0 Å². The number of aromatic amines is 1. The number of pyridine rings is 1. The van der Waals surface area contributed by atoms with Crippen molar-refractivity contribution in [3.63, 3.8) is 0 Å². The normalized spacial score (nSPS) is 18.8. The van der Waals surface area contributed by atoms with Crippen molar-refractivity contribution in [2.45, 2.75) is 37.5 Å². The Kier molecular flexibility index (Phi) is 5.55. The predicted octanol–water partition coefficient (Wildman–Crippen LogP) is 3.74. The van der Waals surface area contributed by atoms with Gasteiger partial charge in [-0.2, -0.15) is 18.4 Å². The topological polar surface area (TPSA) is 93.5 Å². The summed E-state index contributed by atoms with van der Waals surface area (Å²) in [5.74, 6) is 0.553. The molecule has 1 fully saturated rings. The van der Waals surface area contributed by atoms with Gasteiger partial charge in [0.1, 0.15) is 17.4 Å². The molecular formula is C20H20F3N7. The van der Waals surface area contributed by atoms with E-state index in [-0.39, 0.29) is 12.6 Å². The molecule has 4 heterocycles. The van der Waals surface area contributed by atoms with Gasteiger partial charge in [0.25, 0.3) is 0 Å². The smallest absolute Gasteiger partial charge is 0.365 e. The summed E-state index contributed by atoms with van der Waals surface area (Å²) in [6.07, 6.45) is 1.33. The molecular weight excluding hydrogens is 395 g/mol. The highest BCUT2D eigenvalue weighted by atomic mass is 19.4. The van der Waals surface area contributed by atoms with Gasteiger partial charge in [0.2, 0.25) is 0 Å². The van der Waals surface area contributed by atoms with E-state index in [4.69, 9.17) is 5.26 Å². The monoisotopic (exact) mass is 415 g/mol. The summed E-state index contributed by atoms with van der Waals surface area (Å²) in [4.78, 5) is 17.7. The van der Waals surface area contributed by atoms with E-state index in [0.29, 0.717) is 36.5 Å². The molecule has 156 valence electrons. The van der Waals surface area contributed by atoms with Gasteiger partial charge in [-0.25, -0.2) is 15.0 Å². The Morgan fingerprint density at radius 1 is 1.33 bits per heavy atom. The number of fused-ring (bicyclic) bond motifs is 1. The number of nitrogens with one attached hydrogen (secondary N) is 2. The van der Waals surface area contributed by atoms with E-state index in [0.717, 1.165) is 11.1 Å². The number of likely N-dealkylation sites (tertiary alicyclic amines) is 1. The van der Waals surface area contributed by atoms with E-state index in [2.05, 4.69) is 25.3 Å². The van der Waals surface area contributed by atoms with Crippen molar-refractivity contribution >= 4 is 17.0 Å². The van der Waals surface area contributed by atoms with Gasteiger partial charge in [0.15, 0.2) is 5.65 Å². The molecule has 0 saturated carbocycles. The van der Waals surface area contributed by atoms with E-state index in [1.165, 1.54) is 4.90 Å². The lowest BCUT2D eigenvalue weighted by atomic mass is 10.0. The number of halogens is 3. The highest BCUT2D eigenvalue weighted by Crippen LogP contribution is 2.31. The van der Waals surface area contributed by atoms with Crippen LogP contribution in [0.1, 0.15) is 19.3 Å². The summed E-state index contributed by atoms with van der Waals surface area (Å²) >= 11 is 0. The van der Waals surface area contributed by atoms with Crippen molar-refractivity contribution in [3.8, 4) is 17.3 Å². The molecule has 30 heavy (non-hydrogen) atoms. The van der Waals surface area contributed by atoms with Crippen molar-refractivity contribution in [1.29, 1.82) is 5.26 Å². The SMILES string of the molecule is N#CCC(N1CCCC(Nc2ncccc2-c2cnc3[nH]ccc3n2)C1)C(F)(F)F. The molecule has 1 saturated heterocycles. The van der Waals surface area contributed by atoms with Crippen molar-refractivity contribution < 1.29 is 13.2 Å². The summed E-state index contributed by atoms with van der Waals surface area (Å²) in [5, 5.41) is 12.1. The molecule has 1 aliphatic heterocycles. The van der Waals surface area contributed by atoms with Gasteiger partial charge < -0.3 is 10.3 Å². The first-order valence-electron chi connectivity index (χ1n) is 9.65. The Morgan fingerprint density at radius 2 is 2.20 bits per heavy atom. The van der Waals surface area contributed by atoms with Crippen LogP contribution in [0.5, 0.6) is 0 Å². The number of hydrogen-bond acceptors (Lipinski definition) is 6. The molecule has 0 bridgehead atoms. The van der Waals surface area contributed by atoms with Crippen LogP contribution < -0.4 is 5.32 Å². The van der Waals surface area contributed by atoms with Crippen molar-refractivity contribution in [1.82, 2.24) is 24.8 Å². The van der Waals surface area contributed by atoms with Crippen LogP contribution in [0.15, 0.2) is 36.8 Å². The lowest BCUT2D eigenvalue weighted by Crippen LogP contribution is -2.52. The zero-order valence-corrected chi connectivity index (χ0v) is 16.0. The van der Waals surface area contributed by atoms with E-state index >= 15 is 0 Å². The van der Waals surface area contributed by atoms with Gasteiger partial charge in [-0.05, 0) is 37.6 Å². The summed E-state index contributed by atoms with van der Waals surface area (Å²) in [6, 6.07) is 5.15. The van der Waals surface area contributed by atoms with E-state index < -0.39 is 18.6 Å². The fraction of sp³-hybridized carbons (Fsp3) is 0.400. The molecule has 2 N–H and O–H groups in total. The van der Waals surface area contributed by atoms with Crippen LogP contribution in [0.3, 0.4) is 0 Å². The molecule has 7 nitrogen and oxygen atoms in total. The van der Waals surface area contributed by atoms with Gasteiger partial charge in [-0.15, -0.1) is 0 Å². The summed E-state index contributed by atoms with van der Waals surface area (Å²) < 4.78 is 40.2. The predicted molar refractivity (Wildman–Crippen MR) is 105 cm³/mol. The highest BCUT2D eigenvalue weighted by Gasteiger charge is 2.44. The minimum absolute atomic E-state index is 0.185. The molecule has 1 aliphatic rings. The molecule has 2 atom stereocenters. The molecule has 3 aromatic rings. The minimum atomic E-state index is -4.44. The first-order chi connectivity index (χ1) is 14.5. The van der Waals surface area contributed by atoms with Gasteiger partial charge >= 0.3 is 6.18 Å². The third kappa shape index (κ3) is 4.21. The number of anilines is 1. The molecule has 3 aromatic heterocycles. The molecule has 2 unspecified atom stereocenters. The lowest BCUT2D eigenvalue weighted by molar-refractivity contribution is -0.184. The first-order valence-corrected chi connectivity index (χ1v) is 9.65. The third-order valence-corrected chi connectivity index (χ3v) is 5.24. The third-order valence-electron chi connectivity index (χ3n) is 5.24. The van der Waals surface area contributed by atoms with Gasteiger partial charge in [0.05, 0.1) is 24.4 Å². The number of hydrogen-bond donors (Lipinski definition) is 2. The number of nitrogens with zero attached hydrogens (tertiary/aromatic N) is 5. The lowest BCUT2D eigenvalue weighted by Gasteiger charge is -2.38. The maximum absolute atomic E-state index is 13.4. The van der Waals surface area contributed by atoms with Crippen molar-refractivity contribution in [2.24, 2.45) is 0 Å². The molecule has 0 amide bonds. The Hall–Kier alpha value is -3.19. The number of rotatable bonds is 5. The molecule has 0 radical (unpaired) electrons. The van der Waals surface area contributed by atoms with E-state index in [1.54, 1.807) is 30.7 Å². The molecule has 4 rings (SSSR count). The molecule has 10 heteroatoms. The van der Waals surface area contributed by atoms with Crippen molar-refractivity contribution in [3.05, 3.63) is 36.8 Å². The zero-order chi connectivity index (χ0) is 21.1. The minimum Gasteiger partial charge on any atom is -0.365 e. The summed E-state index contributed by atoms with van der Waals surface area (Å²) in [5.41, 5.74) is 2.75. The Balaban J connectivity index is 1.55. The van der Waals surface area contributed by atoms with E-state index in [9.17, 15) is 13.2 Å². The number of piperidine rings is 1. The van der Waals surface area contributed by atoms with Crippen LogP contribution >= 0.6 is 0 Å².